The second-order valence-corrected chi connectivity index (χ2v) is 4.51. The fourth-order valence-corrected chi connectivity index (χ4v) is 1.98. The Bertz CT molecular complexity index is 586. The van der Waals surface area contributed by atoms with Crippen LogP contribution in [-0.4, -0.2) is 9.97 Å². The van der Waals surface area contributed by atoms with Crippen LogP contribution in [0.25, 0.3) is 11.4 Å². The summed E-state index contributed by atoms with van der Waals surface area (Å²) in [6, 6.07) is 8.02. The quantitative estimate of drug-likeness (QED) is 0.606. The average molecular weight is 257 g/mol. The molecule has 1 heterocycles. The standard InChI is InChI=1S/C15H13ClN2/c1-4-5-13-11(3)17-15(18-14(13)16)12-8-6-10(2)7-9-12/h1,6-9H,5H2,2-3H3. The Hall–Kier alpha value is -1.85. The molecule has 2 rings (SSSR count). The van der Waals surface area contributed by atoms with E-state index in [9.17, 15) is 0 Å². The van der Waals surface area contributed by atoms with Crippen molar-refractivity contribution in [1.82, 2.24) is 9.97 Å². The van der Waals surface area contributed by atoms with Gasteiger partial charge in [0.15, 0.2) is 5.82 Å². The lowest BCUT2D eigenvalue weighted by Gasteiger charge is -2.07. The smallest absolute Gasteiger partial charge is 0.161 e. The number of halogens is 1. The van der Waals surface area contributed by atoms with Crippen LogP contribution in [0.4, 0.5) is 0 Å². The summed E-state index contributed by atoms with van der Waals surface area (Å²) in [5.41, 5.74) is 3.82. The van der Waals surface area contributed by atoms with Gasteiger partial charge in [-0.3, -0.25) is 0 Å². The minimum Gasteiger partial charge on any atom is -0.233 e. The molecule has 1 aromatic heterocycles. The van der Waals surface area contributed by atoms with E-state index in [2.05, 4.69) is 15.9 Å². The van der Waals surface area contributed by atoms with Crippen molar-refractivity contribution in [1.29, 1.82) is 0 Å². The zero-order chi connectivity index (χ0) is 13.1. The first-order chi connectivity index (χ1) is 8.61. The molecule has 2 nitrogen and oxygen atoms in total. The Morgan fingerprint density at radius 3 is 2.39 bits per heavy atom. The molecule has 90 valence electrons. The van der Waals surface area contributed by atoms with Gasteiger partial charge in [-0.2, -0.15) is 0 Å². The topological polar surface area (TPSA) is 25.8 Å². The highest BCUT2D eigenvalue weighted by Crippen LogP contribution is 2.22. The van der Waals surface area contributed by atoms with Gasteiger partial charge in [0.25, 0.3) is 0 Å². The van der Waals surface area contributed by atoms with Gasteiger partial charge in [0, 0.05) is 23.2 Å². The Balaban J connectivity index is 2.48. The third-order valence-corrected chi connectivity index (χ3v) is 3.06. The Morgan fingerprint density at radius 2 is 1.83 bits per heavy atom. The lowest BCUT2D eigenvalue weighted by atomic mass is 10.1. The molecule has 2 aromatic rings. The fraction of sp³-hybridized carbons (Fsp3) is 0.200. The minimum absolute atomic E-state index is 0.441. The van der Waals surface area contributed by atoms with Gasteiger partial charge in [-0.05, 0) is 13.8 Å². The lowest BCUT2D eigenvalue weighted by Crippen LogP contribution is -1.99. The molecule has 0 unspecified atom stereocenters. The highest BCUT2D eigenvalue weighted by atomic mass is 35.5. The Labute approximate surface area is 112 Å². The van der Waals surface area contributed by atoms with Crippen LogP contribution in [0.15, 0.2) is 24.3 Å². The number of aryl methyl sites for hydroxylation is 2. The first-order valence-electron chi connectivity index (χ1n) is 5.65. The number of hydrogen-bond donors (Lipinski definition) is 0. The number of benzene rings is 1. The van der Waals surface area contributed by atoms with Gasteiger partial charge in [0.05, 0.1) is 0 Å². The highest BCUT2D eigenvalue weighted by molar-refractivity contribution is 6.30. The molecule has 0 fully saturated rings. The van der Waals surface area contributed by atoms with Crippen molar-refractivity contribution in [3.8, 4) is 23.7 Å². The SMILES string of the molecule is C#CCc1c(C)nc(-c2ccc(C)cc2)nc1Cl. The summed E-state index contributed by atoms with van der Waals surface area (Å²) in [5.74, 6) is 3.21. The first kappa shape index (κ1) is 12.6. The van der Waals surface area contributed by atoms with E-state index < -0.39 is 0 Å². The van der Waals surface area contributed by atoms with E-state index in [4.69, 9.17) is 18.0 Å². The van der Waals surface area contributed by atoms with Crippen molar-refractivity contribution < 1.29 is 0 Å². The molecule has 0 saturated heterocycles. The van der Waals surface area contributed by atoms with Crippen molar-refractivity contribution in [3.05, 3.63) is 46.2 Å². The maximum absolute atomic E-state index is 6.15. The molecular formula is C15H13ClN2. The number of aromatic nitrogens is 2. The van der Waals surface area contributed by atoms with Gasteiger partial charge in [-0.25, -0.2) is 9.97 Å². The van der Waals surface area contributed by atoms with Crippen LogP contribution in [0.5, 0.6) is 0 Å². The number of rotatable bonds is 2. The maximum atomic E-state index is 6.15. The van der Waals surface area contributed by atoms with E-state index in [0.29, 0.717) is 17.4 Å². The molecule has 0 atom stereocenters. The summed E-state index contributed by atoms with van der Waals surface area (Å²) in [7, 11) is 0. The van der Waals surface area contributed by atoms with Gasteiger partial charge < -0.3 is 0 Å². The fourth-order valence-electron chi connectivity index (χ4n) is 1.70. The van der Waals surface area contributed by atoms with Crippen LogP contribution in [-0.2, 0) is 6.42 Å². The summed E-state index contributed by atoms with van der Waals surface area (Å²) >= 11 is 6.15. The maximum Gasteiger partial charge on any atom is 0.161 e. The van der Waals surface area contributed by atoms with E-state index in [1.807, 2.05) is 38.1 Å². The molecule has 0 bridgehead atoms. The molecule has 3 heteroatoms. The Kier molecular flexibility index (Phi) is 3.64. The summed E-state index contributed by atoms with van der Waals surface area (Å²) < 4.78 is 0. The summed E-state index contributed by atoms with van der Waals surface area (Å²) in [5, 5.41) is 0.441. The molecular weight excluding hydrogens is 244 g/mol. The molecule has 18 heavy (non-hydrogen) atoms. The zero-order valence-electron chi connectivity index (χ0n) is 10.4. The molecule has 0 radical (unpaired) electrons. The summed E-state index contributed by atoms with van der Waals surface area (Å²) in [6.07, 6.45) is 5.76. The van der Waals surface area contributed by atoms with Gasteiger partial charge >= 0.3 is 0 Å². The van der Waals surface area contributed by atoms with E-state index in [1.165, 1.54) is 5.56 Å². The van der Waals surface area contributed by atoms with E-state index in [0.717, 1.165) is 16.8 Å². The molecule has 0 saturated carbocycles. The predicted molar refractivity (Wildman–Crippen MR) is 74.5 cm³/mol. The molecule has 0 aliphatic carbocycles. The Morgan fingerprint density at radius 1 is 1.17 bits per heavy atom. The lowest BCUT2D eigenvalue weighted by molar-refractivity contribution is 1.05. The molecule has 0 aliphatic heterocycles. The van der Waals surface area contributed by atoms with E-state index in [1.54, 1.807) is 0 Å². The summed E-state index contributed by atoms with van der Waals surface area (Å²) in [6.45, 7) is 3.94. The minimum atomic E-state index is 0.441. The molecule has 0 aliphatic rings. The van der Waals surface area contributed by atoms with Crippen molar-refractivity contribution >= 4 is 11.6 Å². The van der Waals surface area contributed by atoms with Crippen LogP contribution in [0.2, 0.25) is 5.15 Å². The van der Waals surface area contributed by atoms with Crippen LogP contribution < -0.4 is 0 Å². The first-order valence-corrected chi connectivity index (χ1v) is 6.03. The monoisotopic (exact) mass is 256 g/mol. The third-order valence-electron chi connectivity index (χ3n) is 2.75. The van der Waals surface area contributed by atoms with Crippen molar-refractivity contribution in [3.63, 3.8) is 0 Å². The van der Waals surface area contributed by atoms with Gasteiger partial charge in [0.2, 0.25) is 0 Å². The highest BCUT2D eigenvalue weighted by Gasteiger charge is 2.10. The van der Waals surface area contributed by atoms with Crippen LogP contribution in [0.1, 0.15) is 16.8 Å². The van der Waals surface area contributed by atoms with Crippen molar-refractivity contribution in [2.24, 2.45) is 0 Å². The van der Waals surface area contributed by atoms with Crippen LogP contribution in [0, 0.1) is 26.2 Å². The molecule has 0 amide bonds. The van der Waals surface area contributed by atoms with E-state index >= 15 is 0 Å². The summed E-state index contributed by atoms with van der Waals surface area (Å²) in [4.78, 5) is 8.77. The van der Waals surface area contributed by atoms with Gasteiger partial charge in [-0.1, -0.05) is 41.4 Å². The average Bonchev–Trinajstić information content (AvgIpc) is 2.34. The molecule has 0 N–H and O–H groups in total. The number of terminal acetylenes is 1. The molecule has 0 spiro atoms. The van der Waals surface area contributed by atoms with E-state index in [-0.39, 0.29) is 0 Å². The van der Waals surface area contributed by atoms with Crippen molar-refractivity contribution in [2.75, 3.05) is 0 Å². The normalized spacial score (nSPS) is 10.1. The van der Waals surface area contributed by atoms with Gasteiger partial charge in [0.1, 0.15) is 5.15 Å². The van der Waals surface area contributed by atoms with Crippen molar-refractivity contribution in [2.45, 2.75) is 20.3 Å². The zero-order valence-corrected chi connectivity index (χ0v) is 11.1. The second-order valence-electron chi connectivity index (χ2n) is 4.15. The van der Waals surface area contributed by atoms with Crippen LogP contribution >= 0.6 is 11.6 Å². The number of hydrogen-bond acceptors (Lipinski definition) is 2. The largest absolute Gasteiger partial charge is 0.233 e. The van der Waals surface area contributed by atoms with Gasteiger partial charge in [-0.15, -0.1) is 12.3 Å². The second kappa shape index (κ2) is 5.20. The predicted octanol–water partition coefficient (Wildman–Crippen LogP) is 3.59. The number of nitrogens with zero attached hydrogens (tertiary/aromatic N) is 2. The van der Waals surface area contributed by atoms with Crippen LogP contribution in [0.3, 0.4) is 0 Å². The molecule has 1 aromatic carbocycles. The third kappa shape index (κ3) is 2.52.